The smallest absolute Gasteiger partial charge is 0.266 e. The van der Waals surface area contributed by atoms with Gasteiger partial charge in [0.1, 0.15) is 10.1 Å². The van der Waals surface area contributed by atoms with Crippen LogP contribution in [0.15, 0.2) is 41.3 Å². The Labute approximate surface area is 222 Å². The van der Waals surface area contributed by atoms with Gasteiger partial charge in [-0.3, -0.25) is 14.5 Å². The van der Waals surface area contributed by atoms with E-state index in [4.69, 9.17) is 38.0 Å². The zero-order chi connectivity index (χ0) is 25.7. The predicted octanol–water partition coefficient (Wildman–Crippen LogP) is 5.28. The number of hydrogen-bond donors (Lipinski definition) is 1. The highest BCUT2D eigenvalue weighted by molar-refractivity contribution is 8.26. The molecule has 2 saturated heterocycles. The second-order valence-corrected chi connectivity index (χ2v) is 10.1. The molecule has 0 aromatic heterocycles. The number of nitrogens with zero attached hydrogens (tertiary/aromatic N) is 1. The molecule has 0 spiro atoms. The second-order valence-electron chi connectivity index (χ2n) is 8.01. The first kappa shape index (κ1) is 26.4. The highest BCUT2D eigenvalue weighted by Crippen LogP contribution is 2.39. The number of thioether (sulfide) groups is 1. The molecule has 190 valence electrons. The largest absolute Gasteiger partial charge is 0.490 e. The van der Waals surface area contributed by atoms with E-state index in [-0.39, 0.29) is 28.5 Å². The molecule has 2 fully saturated rings. The van der Waals surface area contributed by atoms with Crippen molar-refractivity contribution >= 4 is 63.5 Å². The summed E-state index contributed by atoms with van der Waals surface area (Å²) < 4.78 is 31.2. The van der Waals surface area contributed by atoms with Gasteiger partial charge in [-0.25, -0.2) is 4.39 Å². The van der Waals surface area contributed by atoms with Gasteiger partial charge in [0.15, 0.2) is 18.1 Å². The Balaban J connectivity index is 1.47. The van der Waals surface area contributed by atoms with E-state index in [2.05, 4.69) is 5.32 Å². The summed E-state index contributed by atoms with van der Waals surface area (Å²) >= 11 is 13.1. The molecule has 1 N–H and O–H groups in total. The van der Waals surface area contributed by atoms with E-state index in [9.17, 15) is 14.0 Å². The molecule has 4 rings (SSSR count). The van der Waals surface area contributed by atoms with E-state index in [1.807, 2.05) is 0 Å². The maximum absolute atomic E-state index is 13.8. The molecule has 11 heteroatoms. The molecular weight excluding hydrogens is 527 g/mol. The Morgan fingerprint density at radius 1 is 1.36 bits per heavy atom. The van der Waals surface area contributed by atoms with Crippen molar-refractivity contribution < 1.29 is 28.2 Å². The van der Waals surface area contributed by atoms with Crippen LogP contribution in [0.25, 0.3) is 6.08 Å². The minimum atomic E-state index is -0.558. The van der Waals surface area contributed by atoms with Crippen LogP contribution in [0.1, 0.15) is 25.3 Å². The van der Waals surface area contributed by atoms with Crippen LogP contribution in [0.2, 0.25) is 5.02 Å². The van der Waals surface area contributed by atoms with Crippen LogP contribution in [0.5, 0.6) is 11.5 Å². The van der Waals surface area contributed by atoms with Gasteiger partial charge in [0, 0.05) is 6.61 Å². The number of para-hydroxylation sites is 1. The first-order chi connectivity index (χ1) is 17.4. The number of halogens is 2. The van der Waals surface area contributed by atoms with Crippen LogP contribution in [0.3, 0.4) is 0 Å². The Bertz CT molecular complexity index is 1200. The number of benzene rings is 2. The molecular formula is C25H24ClFN2O5S2. The fourth-order valence-electron chi connectivity index (χ4n) is 3.76. The van der Waals surface area contributed by atoms with Crippen LogP contribution in [-0.4, -0.2) is 53.5 Å². The number of amides is 2. The lowest BCUT2D eigenvalue weighted by atomic mass is 10.1. The molecule has 0 radical (unpaired) electrons. The average molecular weight is 551 g/mol. The third-order valence-corrected chi connectivity index (χ3v) is 7.07. The predicted molar refractivity (Wildman–Crippen MR) is 142 cm³/mol. The second kappa shape index (κ2) is 12.1. The van der Waals surface area contributed by atoms with Crippen LogP contribution in [0.4, 0.5) is 10.1 Å². The van der Waals surface area contributed by atoms with Crippen LogP contribution >= 0.6 is 35.6 Å². The fourth-order valence-corrected chi connectivity index (χ4v) is 5.31. The molecule has 36 heavy (non-hydrogen) atoms. The van der Waals surface area contributed by atoms with Crippen molar-refractivity contribution in [1.82, 2.24) is 4.90 Å². The quantitative estimate of drug-likeness (QED) is 0.336. The molecule has 0 aliphatic carbocycles. The summed E-state index contributed by atoms with van der Waals surface area (Å²) in [4.78, 5) is 27.3. The van der Waals surface area contributed by atoms with Crippen LogP contribution < -0.4 is 14.8 Å². The lowest BCUT2D eigenvalue weighted by Gasteiger charge is -2.18. The van der Waals surface area contributed by atoms with Crippen LogP contribution in [-0.2, 0) is 14.3 Å². The Hall–Kier alpha value is -2.66. The highest BCUT2D eigenvalue weighted by atomic mass is 35.5. The van der Waals surface area contributed by atoms with Crippen molar-refractivity contribution in [3.05, 3.63) is 57.7 Å². The van der Waals surface area contributed by atoms with E-state index in [1.165, 1.54) is 30.0 Å². The first-order valence-electron chi connectivity index (χ1n) is 11.4. The number of thiocarbonyl (C=S) groups is 1. The summed E-state index contributed by atoms with van der Waals surface area (Å²) in [5, 5.41) is 2.65. The van der Waals surface area contributed by atoms with Gasteiger partial charge >= 0.3 is 0 Å². The van der Waals surface area contributed by atoms with Crippen molar-refractivity contribution in [2.75, 3.05) is 31.7 Å². The van der Waals surface area contributed by atoms with E-state index < -0.39 is 18.3 Å². The van der Waals surface area contributed by atoms with E-state index in [0.717, 1.165) is 12.8 Å². The van der Waals surface area contributed by atoms with E-state index >= 15 is 0 Å². The van der Waals surface area contributed by atoms with Crippen molar-refractivity contribution in [2.24, 2.45) is 0 Å². The SMILES string of the molecule is CCOc1cc(/C=C2\SC(=S)N(C[C@@H]3CCCO3)C2=O)cc(Cl)c1OCC(=O)Nc1ccccc1F. The summed E-state index contributed by atoms with van der Waals surface area (Å²) in [6.07, 6.45) is 3.58. The summed E-state index contributed by atoms with van der Waals surface area (Å²) in [5.74, 6) is -0.809. The first-order valence-corrected chi connectivity index (χ1v) is 13.0. The minimum absolute atomic E-state index is 0.00197. The van der Waals surface area contributed by atoms with Crippen molar-refractivity contribution in [1.29, 1.82) is 0 Å². The number of ether oxygens (including phenoxy) is 3. The van der Waals surface area contributed by atoms with Gasteiger partial charge in [-0.05, 0) is 55.7 Å². The number of carbonyl (C=O) groups is 2. The van der Waals surface area contributed by atoms with Crippen molar-refractivity contribution in [3.63, 3.8) is 0 Å². The monoisotopic (exact) mass is 550 g/mol. The average Bonchev–Trinajstić information content (AvgIpc) is 3.44. The molecule has 2 amide bonds. The third-order valence-electron chi connectivity index (χ3n) is 5.41. The molecule has 2 aromatic carbocycles. The molecule has 2 aliphatic heterocycles. The number of carbonyl (C=O) groups excluding carboxylic acids is 2. The molecule has 7 nitrogen and oxygen atoms in total. The van der Waals surface area contributed by atoms with Gasteiger partial charge < -0.3 is 19.5 Å². The number of rotatable bonds is 9. The summed E-state index contributed by atoms with van der Waals surface area (Å²) in [6.45, 7) is 2.85. The zero-order valence-corrected chi connectivity index (χ0v) is 21.8. The Morgan fingerprint density at radius 3 is 2.89 bits per heavy atom. The molecule has 0 unspecified atom stereocenters. The topological polar surface area (TPSA) is 77.1 Å². The number of anilines is 1. The number of nitrogens with one attached hydrogen (secondary N) is 1. The Morgan fingerprint density at radius 2 is 2.17 bits per heavy atom. The fraction of sp³-hybridized carbons (Fsp3) is 0.320. The summed E-state index contributed by atoms with van der Waals surface area (Å²) in [6, 6.07) is 9.12. The highest BCUT2D eigenvalue weighted by Gasteiger charge is 2.34. The molecule has 2 heterocycles. The van der Waals surface area contributed by atoms with Gasteiger partial charge in [-0.1, -0.05) is 47.7 Å². The van der Waals surface area contributed by atoms with Gasteiger partial charge in [0.05, 0.1) is 34.9 Å². The van der Waals surface area contributed by atoms with Gasteiger partial charge in [-0.2, -0.15) is 0 Å². The third kappa shape index (κ3) is 6.36. The minimum Gasteiger partial charge on any atom is -0.490 e. The lowest BCUT2D eigenvalue weighted by Crippen LogP contribution is -2.35. The van der Waals surface area contributed by atoms with Crippen molar-refractivity contribution in [2.45, 2.75) is 25.9 Å². The maximum atomic E-state index is 13.8. The van der Waals surface area contributed by atoms with E-state index in [1.54, 1.807) is 36.1 Å². The standard InChI is InChI=1S/C25H24ClFN2O5S2/c1-2-32-20-11-15(12-21-24(31)29(25(35)36-21)13-16-6-5-9-33-16)10-17(26)23(20)34-14-22(30)28-19-8-4-3-7-18(19)27/h3-4,7-8,10-12,16H,2,5-6,9,13-14H2,1H3,(H,28,30)/b21-12-/t16-/m0/s1. The van der Waals surface area contributed by atoms with Gasteiger partial charge in [-0.15, -0.1) is 0 Å². The normalized spacial score (nSPS) is 18.7. The molecule has 2 aromatic rings. The summed E-state index contributed by atoms with van der Waals surface area (Å²) in [7, 11) is 0. The van der Waals surface area contributed by atoms with Gasteiger partial charge in [0.2, 0.25) is 0 Å². The summed E-state index contributed by atoms with van der Waals surface area (Å²) in [5.41, 5.74) is 0.665. The molecule has 0 bridgehead atoms. The van der Waals surface area contributed by atoms with Crippen molar-refractivity contribution in [3.8, 4) is 11.5 Å². The molecule has 0 saturated carbocycles. The maximum Gasteiger partial charge on any atom is 0.266 e. The molecule has 1 atom stereocenters. The molecule has 2 aliphatic rings. The van der Waals surface area contributed by atoms with Gasteiger partial charge in [0.25, 0.3) is 11.8 Å². The lowest BCUT2D eigenvalue weighted by molar-refractivity contribution is -0.123. The van der Waals surface area contributed by atoms with Crippen LogP contribution in [0, 0.1) is 5.82 Å². The number of hydrogen-bond acceptors (Lipinski definition) is 7. The Kier molecular flexibility index (Phi) is 8.84. The van der Waals surface area contributed by atoms with E-state index in [0.29, 0.717) is 40.3 Å². The zero-order valence-electron chi connectivity index (χ0n) is 19.4.